The number of carbonyl (C=O) groups is 1. The van der Waals surface area contributed by atoms with E-state index in [1.165, 1.54) is 0 Å². The van der Waals surface area contributed by atoms with Gasteiger partial charge in [-0.15, -0.1) is 0 Å². The Balaban J connectivity index is 2.93. The van der Waals surface area contributed by atoms with Crippen molar-refractivity contribution in [3.05, 3.63) is 29.5 Å². The second-order valence-corrected chi connectivity index (χ2v) is 6.52. The molecule has 0 fully saturated rings. The summed E-state index contributed by atoms with van der Waals surface area (Å²) in [6.45, 7) is -0.713. The SMILES string of the molecule is O=C(OCC(O)CO)c1cc(Br)c(Br)c(Br)c1Br. The topological polar surface area (TPSA) is 66.8 Å². The summed E-state index contributed by atoms with van der Waals surface area (Å²) in [5.74, 6) is -0.594. The van der Waals surface area contributed by atoms with Crippen LogP contribution < -0.4 is 0 Å². The lowest BCUT2D eigenvalue weighted by molar-refractivity contribution is 0.00924. The summed E-state index contributed by atoms with van der Waals surface area (Å²) in [5, 5.41) is 17.7. The van der Waals surface area contributed by atoms with Gasteiger partial charge >= 0.3 is 5.97 Å². The van der Waals surface area contributed by atoms with Gasteiger partial charge in [-0.25, -0.2) is 4.79 Å². The number of hydrogen-bond donors (Lipinski definition) is 2. The van der Waals surface area contributed by atoms with Crippen LogP contribution in [0.25, 0.3) is 0 Å². The molecule has 0 aromatic heterocycles. The zero-order chi connectivity index (χ0) is 13.9. The molecule has 0 heterocycles. The standard InChI is InChI=1S/C10H8Br4O4/c11-6-1-5(7(12)9(14)8(6)13)10(17)18-3-4(16)2-15/h1,4,15-16H,2-3H2. The zero-order valence-electron chi connectivity index (χ0n) is 8.79. The van der Waals surface area contributed by atoms with Gasteiger partial charge in [0.1, 0.15) is 12.7 Å². The molecule has 1 aromatic rings. The highest BCUT2D eigenvalue weighted by atomic mass is 79.9. The highest BCUT2D eigenvalue weighted by Crippen LogP contribution is 2.39. The number of rotatable bonds is 4. The van der Waals surface area contributed by atoms with Crippen molar-refractivity contribution < 1.29 is 19.7 Å². The first-order valence-corrected chi connectivity index (χ1v) is 7.84. The van der Waals surface area contributed by atoms with E-state index >= 15 is 0 Å². The Morgan fingerprint density at radius 1 is 1.22 bits per heavy atom. The third kappa shape index (κ3) is 4.01. The summed E-state index contributed by atoms with van der Waals surface area (Å²) >= 11 is 13.2. The summed E-state index contributed by atoms with van der Waals surface area (Å²) < 4.78 is 7.54. The van der Waals surface area contributed by atoms with Gasteiger partial charge in [0.05, 0.1) is 12.2 Å². The van der Waals surface area contributed by atoms with Crippen LogP contribution in [-0.4, -0.2) is 35.5 Å². The minimum Gasteiger partial charge on any atom is -0.459 e. The molecule has 0 saturated carbocycles. The number of aliphatic hydroxyl groups excluding tert-OH is 2. The fourth-order valence-corrected chi connectivity index (χ4v) is 3.20. The predicted octanol–water partition coefficient (Wildman–Crippen LogP) is 3.25. The smallest absolute Gasteiger partial charge is 0.339 e. The molecule has 1 unspecified atom stereocenters. The maximum atomic E-state index is 11.8. The van der Waals surface area contributed by atoms with Crippen LogP contribution in [0.3, 0.4) is 0 Å². The summed E-state index contributed by atoms with van der Waals surface area (Å²) in [5.41, 5.74) is 0.307. The van der Waals surface area contributed by atoms with E-state index in [0.717, 1.165) is 4.47 Å². The first-order valence-electron chi connectivity index (χ1n) is 4.67. The molecule has 0 aliphatic rings. The Kier molecular flexibility index (Phi) is 6.77. The molecule has 0 saturated heterocycles. The van der Waals surface area contributed by atoms with Crippen molar-refractivity contribution in [3.63, 3.8) is 0 Å². The van der Waals surface area contributed by atoms with Crippen molar-refractivity contribution in [2.45, 2.75) is 6.10 Å². The highest BCUT2D eigenvalue weighted by Gasteiger charge is 2.19. The van der Waals surface area contributed by atoms with E-state index in [2.05, 4.69) is 63.7 Å². The lowest BCUT2D eigenvalue weighted by Crippen LogP contribution is -2.22. The van der Waals surface area contributed by atoms with Gasteiger partial charge in [-0.1, -0.05) is 0 Å². The summed E-state index contributed by atoms with van der Waals surface area (Å²) in [4.78, 5) is 11.8. The van der Waals surface area contributed by atoms with Gasteiger partial charge in [0.15, 0.2) is 0 Å². The van der Waals surface area contributed by atoms with Gasteiger partial charge in [-0.05, 0) is 69.8 Å². The van der Waals surface area contributed by atoms with Crippen LogP contribution in [0.15, 0.2) is 24.0 Å². The quantitative estimate of drug-likeness (QED) is 0.370. The molecule has 100 valence electrons. The van der Waals surface area contributed by atoms with E-state index in [1.54, 1.807) is 6.07 Å². The molecule has 0 aliphatic carbocycles. The van der Waals surface area contributed by atoms with Crippen molar-refractivity contribution in [2.75, 3.05) is 13.2 Å². The zero-order valence-corrected chi connectivity index (χ0v) is 15.1. The number of hydrogen-bond acceptors (Lipinski definition) is 4. The predicted molar refractivity (Wildman–Crippen MR) is 80.6 cm³/mol. The van der Waals surface area contributed by atoms with Crippen LogP contribution >= 0.6 is 63.7 Å². The third-order valence-electron chi connectivity index (χ3n) is 1.94. The molecular formula is C10H8Br4O4. The summed E-state index contributed by atoms with van der Waals surface area (Å²) in [6.07, 6.45) is -1.07. The molecule has 0 radical (unpaired) electrons. The van der Waals surface area contributed by atoms with E-state index in [9.17, 15) is 4.79 Å². The van der Waals surface area contributed by atoms with Crippen LogP contribution in [0.5, 0.6) is 0 Å². The van der Waals surface area contributed by atoms with Gasteiger partial charge in [-0.3, -0.25) is 0 Å². The highest BCUT2D eigenvalue weighted by molar-refractivity contribution is 9.15. The van der Waals surface area contributed by atoms with Crippen LogP contribution in [-0.2, 0) is 4.74 Å². The van der Waals surface area contributed by atoms with E-state index in [1.807, 2.05) is 0 Å². The molecule has 0 bridgehead atoms. The van der Waals surface area contributed by atoms with Crippen LogP contribution in [0, 0.1) is 0 Å². The number of esters is 1. The third-order valence-corrected chi connectivity index (χ3v) is 6.60. The number of ether oxygens (including phenoxy) is 1. The fraction of sp³-hybridized carbons (Fsp3) is 0.300. The Morgan fingerprint density at radius 3 is 2.39 bits per heavy atom. The number of carbonyl (C=O) groups excluding carboxylic acids is 1. The van der Waals surface area contributed by atoms with Crippen LogP contribution in [0.2, 0.25) is 0 Å². The average molecular weight is 512 g/mol. The molecule has 4 nitrogen and oxygen atoms in total. The lowest BCUT2D eigenvalue weighted by Gasteiger charge is -2.11. The molecule has 2 N–H and O–H groups in total. The Morgan fingerprint density at radius 2 is 1.83 bits per heavy atom. The first kappa shape index (κ1) is 16.6. The van der Waals surface area contributed by atoms with Gasteiger partial charge in [-0.2, -0.15) is 0 Å². The van der Waals surface area contributed by atoms with E-state index in [0.29, 0.717) is 19.0 Å². The Labute approximate surface area is 137 Å². The molecule has 0 spiro atoms. The molecule has 8 heteroatoms. The maximum Gasteiger partial charge on any atom is 0.339 e. The Bertz CT molecular complexity index is 464. The van der Waals surface area contributed by atoms with Crippen molar-refractivity contribution in [1.29, 1.82) is 0 Å². The molecule has 0 aliphatic heterocycles. The van der Waals surface area contributed by atoms with E-state index < -0.39 is 18.7 Å². The van der Waals surface area contributed by atoms with Gasteiger partial charge in [0, 0.05) is 17.9 Å². The van der Waals surface area contributed by atoms with Gasteiger partial charge in [0.25, 0.3) is 0 Å². The minimum atomic E-state index is -1.07. The van der Waals surface area contributed by atoms with Crippen LogP contribution in [0.1, 0.15) is 10.4 Å². The number of benzene rings is 1. The molecule has 0 amide bonds. The molecular weight excluding hydrogens is 504 g/mol. The molecule has 1 aromatic carbocycles. The van der Waals surface area contributed by atoms with E-state index in [-0.39, 0.29) is 6.61 Å². The van der Waals surface area contributed by atoms with Gasteiger partial charge in [0.2, 0.25) is 0 Å². The minimum absolute atomic E-state index is 0.257. The average Bonchev–Trinajstić information content (AvgIpc) is 2.37. The summed E-state index contributed by atoms with van der Waals surface area (Å²) in [7, 11) is 0. The monoisotopic (exact) mass is 508 g/mol. The second kappa shape index (κ2) is 7.35. The second-order valence-electron chi connectivity index (χ2n) is 3.28. The fourth-order valence-electron chi connectivity index (χ4n) is 1.02. The lowest BCUT2D eigenvalue weighted by atomic mass is 10.2. The normalized spacial score (nSPS) is 12.3. The molecule has 1 rings (SSSR count). The van der Waals surface area contributed by atoms with Gasteiger partial charge < -0.3 is 14.9 Å². The Hall–Kier alpha value is 0.530. The van der Waals surface area contributed by atoms with Crippen LogP contribution in [0.4, 0.5) is 0 Å². The molecule has 18 heavy (non-hydrogen) atoms. The van der Waals surface area contributed by atoms with Crippen molar-refractivity contribution in [3.8, 4) is 0 Å². The maximum absolute atomic E-state index is 11.8. The summed E-state index contributed by atoms with van der Waals surface area (Å²) in [6, 6.07) is 1.59. The number of halogens is 4. The molecule has 1 atom stereocenters. The largest absolute Gasteiger partial charge is 0.459 e. The number of aliphatic hydroxyl groups is 2. The first-order chi connectivity index (χ1) is 8.38. The van der Waals surface area contributed by atoms with Crippen molar-refractivity contribution in [1.82, 2.24) is 0 Å². The van der Waals surface area contributed by atoms with E-state index in [4.69, 9.17) is 14.9 Å². The van der Waals surface area contributed by atoms with Crippen molar-refractivity contribution >= 4 is 69.7 Å². The van der Waals surface area contributed by atoms with Crippen molar-refractivity contribution in [2.24, 2.45) is 0 Å².